The van der Waals surface area contributed by atoms with Crippen LogP contribution >= 0.6 is 0 Å². The van der Waals surface area contributed by atoms with Crippen LogP contribution in [0.1, 0.15) is 18.4 Å². The molecule has 1 heterocycles. The average molecular weight is 346 g/mol. The molecule has 1 aliphatic heterocycles. The van der Waals surface area contributed by atoms with Gasteiger partial charge in [-0.15, -0.1) is 0 Å². The molecule has 1 saturated heterocycles. The number of nitrogens with one attached hydrogen (secondary N) is 1. The van der Waals surface area contributed by atoms with Crippen LogP contribution in [0.2, 0.25) is 0 Å². The van der Waals surface area contributed by atoms with E-state index in [1.807, 2.05) is 30.3 Å². The third-order valence-corrected chi connectivity index (χ3v) is 4.25. The van der Waals surface area contributed by atoms with Gasteiger partial charge in [0.2, 0.25) is 0 Å². The molecule has 0 unspecified atom stereocenters. The van der Waals surface area contributed by atoms with Crippen LogP contribution in [-0.4, -0.2) is 30.1 Å². The first-order chi connectivity index (χ1) is 12.1. The second-order valence-corrected chi connectivity index (χ2v) is 6.07. The maximum atomic E-state index is 13.2. The minimum Gasteiger partial charge on any atom is -0.445 e. The summed E-state index contributed by atoms with van der Waals surface area (Å²) in [5, 5.41) is 3.18. The number of hydrogen-bond donors (Lipinski definition) is 1. The van der Waals surface area contributed by atoms with E-state index >= 15 is 0 Å². The van der Waals surface area contributed by atoms with Crippen molar-refractivity contribution in [3.8, 4) is 0 Å². The van der Waals surface area contributed by atoms with Gasteiger partial charge in [-0.05, 0) is 30.5 Å². The molecule has 0 aliphatic carbocycles. The summed E-state index contributed by atoms with van der Waals surface area (Å²) in [6.45, 7) is 1.39. The van der Waals surface area contributed by atoms with Gasteiger partial charge in [-0.25, -0.2) is 13.6 Å². The Hall–Kier alpha value is -2.63. The third kappa shape index (κ3) is 4.68. The van der Waals surface area contributed by atoms with Gasteiger partial charge in [0, 0.05) is 30.9 Å². The Morgan fingerprint density at radius 1 is 1.08 bits per heavy atom. The minimum atomic E-state index is -0.869. The predicted molar refractivity (Wildman–Crippen MR) is 91.2 cm³/mol. The summed E-state index contributed by atoms with van der Waals surface area (Å²) in [6, 6.07) is 13.4. The molecule has 1 amide bonds. The van der Waals surface area contributed by atoms with E-state index in [-0.39, 0.29) is 18.7 Å². The van der Waals surface area contributed by atoms with Gasteiger partial charge in [-0.2, -0.15) is 0 Å². The van der Waals surface area contributed by atoms with E-state index in [9.17, 15) is 13.6 Å². The number of halogens is 2. The number of rotatable bonds is 4. The maximum absolute atomic E-state index is 13.2. The van der Waals surface area contributed by atoms with Gasteiger partial charge in [0.25, 0.3) is 0 Å². The molecule has 1 aliphatic rings. The summed E-state index contributed by atoms with van der Waals surface area (Å²) in [5.41, 5.74) is 1.50. The van der Waals surface area contributed by atoms with Crippen LogP contribution in [0, 0.1) is 11.6 Å². The molecule has 0 spiro atoms. The lowest BCUT2D eigenvalue weighted by Crippen LogP contribution is -2.42. The van der Waals surface area contributed by atoms with E-state index in [0.717, 1.165) is 30.5 Å². The fourth-order valence-corrected chi connectivity index (χ4v) is 2.84. The van der Waals surface area contributed by atoms with Crippen LogP contribution in [0.25, 0.3) is 0 Å². The molecule has 3 rings (SSSR count). The van der Waals surface area contributed by atoms with Crippen molar-refractivity contribution < 1.29 is 18.3 Å². The first-order valence-corrected chi connectivity index (χ1v) is 8.29. The number of hydrogen-bond acceptors (Lipinski definition) is 3. The highest BCUT2D eigenvalue weighted by Gasteiger charge is 2.23. The van der Waals surface area contributed by atoms with Crippen molar-refractivity contribution in [3.63, 3.8) is 0 Å². The Bertz CT molecular complexity index is 717. The first-order valence-electron chi connectivity index (χ1n) is 8.29. The van der Waals surface area contributed by atoms with E-state index < -0.39 is 11.6 Å². The van der Waals surface area contributed by atoms with Gasteiger partial charge < -0.3 is 15.0 Å². The Kier molecular flexibility index (Phi) is 5.48. The number of carbonyl (C=O) groups is 1. The normalized spacial score (nSPS) is 15.0. The largest absolute Gasteiger partial charge is 0.445 e. The van der Waals surface area contributed by atoms with Gasteiger partial charge in [0.1, 0.15) is 6.61 Å². The Balaban J connectivity index is 1.44. The monoisotopic (exact) mass is 346 g/mol. The first kappa shape index (κ1) is 17.2. The molecule has 6 heteroatoms. The second-order valence-electron chi connectivity index (χ2n) is 6.07. The molecule has 132 valence electrons. The number of likely N-dealkylation sites (tertiary alicyclic amines) is 1. The maximum Gasteiger partial charge on any atom is 0.410 e. The standard InChI is InChI=1S/C19H20F2N2O2/c20-17-7-6-16(12-18(17)21)22-15-8-10-23(11-9-15)19(24)25-13-14-4-2-1-3-5-14/h1-7,12,15,22H,8-11,13H2. The van der Waals surface area contributed by atoms with E-state index in [1.54, 1.807) is 4.90 Å². The predicted octanol–water partition coefficient (Wildman–Crippen LogP) is 4.18. The molecule has 2 aromatic rings. The summed E-state index contributed by atoms with van der Waals surface area (Å²) >= 11 is 0. The van der Waals surface area contributed by atoms with Crippen molar-refractivity contribution in [2.24, 2.45) is 0 Å². The van der Waals surface area contributed by atoms with Gasteiger partial charge >= 0.3 is 6.09 Å². The van der Waals surface area contributed by atoms with Crippen molar-refractivity contribution in [2.45, 2.75) is 25.5 Å². The molecule has 1 fully saturated rings. The fourth-order valence-electron chi connectivity index (χ4n) is 2.84. The molecule has 25 heavy (non-hydrogen) atoms. The van der Waals surface area contributed by atoms with Crippen LogP contribution < -0.4 is 5.32 Å². The quantitative estimate of drug-likeness (QED) is 0.903. The highest BCUT2D eigenvalue weighted by atomic mass is 19.2. The summed E-state index contributed by atoms with van der Waals surface area (Å²) in [5.74, 6) is -1.73. The number of amides is 1. The van der Waals surface area contributed by atoms with Gasteiger partial charge in [-0.3, -0.25) is 0 Å². The van der Waals surface area contributed by atoms with Crippen LogP contribution in [-0.2, 0) is 11.3 Å². The van der Waals surface area contributed by atoms with Gasteiger partial charge in [0.05, 0.1) is 0 Å². The van der Waals surface area contributed by atoms with E-state index in [2.05, 4.69) is 5.32 Å². The number of ether oxygens (including phenoxy) is 1. The summed E-state index contributed by atoms with van der Waals surface area (Å²) in [4.78, 5) is 13.8. The van der Waals surface area contributed by atoms with E-state index in [4.69, 9.17) is 4.74 Å². The zero-order valence-electron chi connectivity index (χ0n) is 13.8. The molecule has 0 radical (unpaired) electrons. The highest BCUT2D eigenvalue weighted by Crippen LogP contribution is 2.19. The van der Waals surface area contributed by atoms with Crippen molar-refractivity contribution in [2.75, 3.05) is 18.4 Å². The number of anilines is 1. The molecule has 2 aromatic carbocycles. The average Bonchev–Trinajstić information content (AvgIpc) is 2.64. The molecule has 0 bridgehead atoms. The minimum absolute atomic E-state index is 0.114. The van der Waals surface area contributed by atoms with E-state index in [0.29, 0.717) is 18.8 Å². The Labute approximate surface area is 145 Å². The highest BCUT2D eigenvalue weighted by molar-refractivity contribution is 5.67. The molecule has 4 nitrogen and oxygen atoms in total. The topological polar surface area (TPSA) is 41.6 Å². The summed E-state index contributed by atoms with van der Waals surface area (Å²) in [6.07, 6.45) is 1.12. The van der Waals surface area contributed by atoms with Crippen LogP contribution in [0.5, 0.6) is 0 Å². The Morgan fingerprint density at radius 2 is 1.80 bits per heavy atom. The number of piperidine rings is 1. The number of nitrogens with zero attached hydrogens (tertiary/aromatic N) is 1. The molecule has 0 atom stereocenters. The Morgan fingerprint density at radius 3 is 2.48 bits per heavy atom. The lowest BCUT2D eigenvalue weighted by Gasteiger charge is -2.32. The van der Waals surface area contributed by atoms with Gasteiger partial charge in [-0.1, -0.05) is 30.3 Å². The molecule has 1 N–H and O–H groups in total. The SMILES string of the molecule is O=C(OCc1ccccc1)N1CCC(Nc2ccc(F)c(F)c2)CC1. The van der Waals surface area contributed by atoms with Crippen molar-refractivity contribution >= 4 is 11.8 Å². The smallest absolute Gasteiger partial charge is 0.410 e. The summed E-state index contributed by atoms with van der Waals surface area (Å²) in [7, 11) is 0. The molecule has 0 aromatic heterocycles. The lowest BCUT2D eigenvalue weighted by atomic mass is 10.0. The fraction of sp³-hybridized carbons (Fsp3) is 0.316. The number of carbonyl (C=O) groups excluding carboxylic acids is 1. The lowest BCUT2D eigenvalue weighted by molar-refractivity contribution is 0.0882. The third-order valence-electron chi connectivity index (χ3n) is 4.25. The van der Waals surface area contributed by atoms with Crippen molar-refractivity contribution in [3.05, 3.63) is 65.7 Å². The van der Waals surface area contributed by atoms with E-state index in [1.165, 1.54) is 6.07 Å². The van der Waals surface area contributed by atoms with Crippen LogP contribution in [0.4, 0.5) is 19.3 Å². The zero-order chi connectivity index (χ0) is 17.6. The van der Waals surface area contributed by atoms with Gasteiger partial charge in [0.15, 0.2) is 11.6 Å². The van der Waals surface area contributed by atoms with Crippen LogP contribution in [0.15, 0.2) is 48.5 Å². The second kappa shape index (κ2) is 7.96. The number of benzene rings is 2. The molecular formula is C19H20F2N2O2. The zero-order valence-corrected chi connectivity index (χ0v) is 13.8. The molecular weight excluding hydrogens is 326 g/mol. The van der Waals surface area contributed by atoms with Crippen molar-refractivity contribution in [1.29, 1.82) is 0 Å². The van der Waals surface area contributed by atoms with Crippen LogP contribution in [0.3, 0.4) is 0 Å². The van der Waals surface area contributed by atoms with Crippen molar-refractivity contribution in [1.82, 2.24) is 4.90 Å². The molecule has 0 saturated carbocycles. The summed E-state index contributed by atoms with van der Waals surface area (Å²) < 4.78 is 31.5.